The van der Waals surface area contributed by atoms with Gasteiger partial charge in [0.25, 0.3) is 0 Å². The van der Waals surface area contributed by atoms with Crippen molar-refractivity contribution < 1.29 is 28.5 Å². The lowest BCUT2D eigenvalue weighted by molar-refractivity contribution is -0.165. The minimum Gasteiger partial charge on any atom is -0.488 e. The van der Waals surface area contributed by atoms with Crippen LogP contribution in [-0.4, -0.2) is 66.0 Å². The van der Waals surface area contributed by atoms with E-state index in [0.717, 1.165) is 45.9 Å². The van der Waals surface area contributed by atoms with E-state index < -0.39 is 11.2 Å². The first kappa shape index (κ1) is 35.2. The number of aromatic nitrogens is 1. The SMILES string of the molecule is CO[C@H]1CN(c2cccc(-c3cccc(C)c3OCc3cc(C)c4c(c3)CCN(C(=O)OC(C)(C)C)C4)n2)CC[C@@H]1C(=O)OC(C)(C)C. The summed E-state index contributed by atoms with van der Waals surface area (Å²) in [6.07, 6.45) is 0.831. The van der Waals surface area contributed by atoms with Crippen molar-refractivity contribution in [1.29, 1.82) is 0 Å². The summed E-state index contributed by atoms with van der Waals surface area (Å²) in [6.45, 7) is 18.3. The molecular formula is C39H51N3O6. The average Bonchev–Trinajstić information content (AvgIpc) is 3.02. The molecule has 2 aromatic carbocycles. The number of anilines is 1. The fraction of sp³-hybridized carbons (Fsp3) is 0.513. The molecule has 1 saturated heterocycles. The number of fused-ring (bicyclic) bond motifs is 1. The summed E-state index contributed by atoms with van der Waals surface area (Å²) < 4.78 is 23.6. The van der Waals surface area contributed by atoms with Gasteiger partial charge in [-0.2, -0.15) is 0 Å². The number of ether oxygens (including phenoxy) is 4. The Kier molecular flexibility index (Phi) is 10.4. The van der Waals surface area contributed by atoms with Crippen molar-refractivity contribution in [2.75, 3.05) is 31.6 Å². The van der Waals surface area contributed by atoms with Gasteiger partial charge in [0, 0.05) is 38.9 Å². The molecule has 3 heterocycles. The Hall–Kier alpha value is -4.11. The van der Waals surface area contributed by atoms with Crippen molar-refractivity contribution in [2.24, 2.45) is 5.92 Å². The topological polar surface area (TPSA) is 90.4 Å². The van der Waals surface area contributed by atoms with Crippen LogP contribution in [0.2, 0.25) is 0 Å². The van der Waals surface area contributed by atoms with Crippen LogP contribution >= 0.6 is 0 Å². The molecule has 2 aliphatic rings. The van der Waals surface area contributed by atoms with Gasteiger partial charge in [0.15, 0.2) is 0 Å². The second-order valence-corrected chi connectivity index (χ2v) is 15.0. The highest BCUT2D eigenvalue weighted by atomic mass is 16.6. The van der Waals surface area contributed by atoms with Gasteiger partial charge < -0.3 is 28.7 Å². The van der Waals surface area contributed by atoms with E-state index in [-0.39, 0.29) is 24.1 Å². The predicted octanol–water partition coefficient (Wildman–Crippen LogP) is 7.42. The standard InChI is InChI=1S/C39H51N3O6/c1-25-12-10-13-29(32-14-11-15-34(40-32)41-19-17-30(33(23-41)45-9)36(43)47-38(3,4)5)35(25)46-24-27-20-26(2)31-22-42(18-16-28(31)21-27)37(44)48-39(6,7)8/h10-15,20-21,30,33H,16-19,22-24H2,1-9H3/t30-,33-/m0/s1. The van der Waals surface area contributed by atoms with Crippen LogP contribution in [-0.2, 0) is 38.6 Å². The van der Waals surface area contributed by atoms with Gasteiger partial charge in [-0.05, 0) is 114 Å². The maximum absolute atomic E-state index is 12.9. The predicted molar refractivity (Wildman–Crippen MR) is 187 cm³/mol. The molecule has 2 aliphatic heterocycles. The fourth-order valence-corrected chi connectivity index (χ4v) is 6.47. The summed E-state index contributed by atoms with van der Waals surface area (Å²) in [5.41, 5.74) is 6.36. The molecule has 3 aromatic rings. The Morgan fingerprint density at radius 2 is 1.65 bits per heavy atom. The molecule has 2 atom stereocenters. The van der Waals surface area contributed by atoms with Gasteiger partial charge in [-0.3, -0.25) is 4.79 Å². The minimum absolute atomic E-state index is 0.214. The van der Waals surface area contributed by atoms with Crippen LogP contribution in [0.3, 0.4) is 0 Å². The van der Waals surface area contributed by atoms with E-state index in [1.807, 2.05) is 71.9 Å². The second-order valence-electron chi connectivity index (χ2n) is 15.0. The number of para-hydroxylation sites is 1. The van der Waals surface area contributed by atoms with Gasteiger partial charge in [0.1, 0.15) is 29.4 Å². The molecule has 0 saturated carbocycles. The van der Waals surface area contributed by atoms with E-state index in [9.17, 15) is 9.59 Å². The van der Waals surface area contributed by atoms with E-state index in [1.54, 1.807) is 12.0 Å². The third kappa shape index (κ3) is 8.48. The number of pyridine rings is 1. The highest BCUT2D eigenvalue weighted by Crippen LogP contribution is 2.35. The normalized spacial score (nSPS) is 18.3. The van der Waals surface area contributed by atoms with Crippen LogP contribution < -0.4 is 9.64 Å². The number of piperidine rings is 1. The van der Waals surface area contributed by atoms with E-state index in [0.29, 0.717) is 39.2 Å². The Labute approximate surface area is 285 Å². The summed E-state index contributed by atoms with van der Waals surface area (Å²) in [4.78, 5) is 34.6. The molecule has 0 N–H and O–H groups in total. The van der Waals surface area contributed by atoms with Crippen LogP contribution in [0.15, 0.2) is 48.5 Å². The number of hydrogen-bond acceptors (Lipinski definition) is 8. The third-order valence-electron chi connectivity index (χ3n) is 8.78. The van der Waals surface area contributed by atoms with Crippen molar-refractivity contribution in [2.45, 2.75) is 98.7 Å². The number of hydrogen-bond donors (Lipinski definition) is 0. The second kappa shape index (κ2) is 14.2. The molecule has 5 rings (SSSR count). The first-order chi connectivity index (χ1) is 22.6. The number of methoxy groups -OCH3 is 1. The van der Waals surface area contributed by atoms with E-state index in [1.165, 1.54) is 11.1 Å². The zero-order valence-corrected chi connectivity index (χ0v) is 30.0. The average molecular weight is 658 g/mol. The van der Waals surface area contributed by atoms with E-state index in [4.69, 9.17) is 23.9 Å². The van der Waals surface area contributed by atoms with Crippen LogP contribution in [0.4, 0.5) is 10.6 Å². The number of esters is 1. The summed E-state index contributed by atoms with van der Waals surface area (Å²) >= 11 is 0. The van der Waals surface area contributed by atoms with E-state index >= 15 is 0 Å². The summed E-state index contributed by atoms with van der Waals surface area (Å²) in [6, 6.07) is 16.5. The Morgan fingerprint density at radius 3 is 2.35 bits per heavy atom. The van der Waals surface area contributed by atoms with Gasteiger partial charge in [-0.25, -0.2) is 9.78 Å². The molecule has 9 nitrogen and oxygen atoms in total. The van der Waals surface area contributed by atoms with Crippen LogP contribution in [0.25, 0.3) is 11.3 Å². The zero-order valence-electron chi connectivity index (χ0n) is 30.0. The van der Waals surface area contributed by atoms with Gasteiger partial charge in [-0.1, -0.05) is 30.3 Å². The van der Waals surface area contributed by atoms with Crippen molar-refractivity contribution in [1.82, 2.24) is 9.88 Å². The molecule has 1 amide bonds. The monoisotopic (exact) mass is 657 g/mol. The lowest BCUT2D eigenvalue weighted by Crippen LogP contribution is -2.49. The Bertz CT molecular complexity index is 1640. The highest BCUT2D eigenvalue weighted by Gasteiger charge is 2.37. The van der Waals surface area contributed by atoms with Gasteiger partial charge in [0.05, 0.1) is 17.7 Å². The Morgan fingerprint density at radius 1 is 0.917 bits per heavy atom. The largest absolute Gasteiger partial charge is 0.488 e. The lowest BCUT2D eigenvalue weighted by atomic mass is 9.93. The maximum atomic E-state index is 12.9. The summed E-state index contributed by atoms with van der Waals surface area (Å²) in [5.74, 6) is 1.10. The molecule has 48 heavy (non-hydrogen) atoms. The maximum Gasteiger partial charge on any atom is 0.410 e. The fourth-order valence-electron chi connectivity index (χ4n) is 6.47. The molecule has 1 aromatic heterocycles. The van der Waals surface area contributed by atoms with E-state index in [2.05, 4.69) is 36.9 Å². The third-order valence-corrected chi connectivity index (χ3v) is 8.78. The van der Waals surface area contributed by atoms with Crippen LogP contribution in [0.1, 0.15) is 75.8 Å². The Balaban J connectivity index is 1.30. The number of carbonyl (C=O) groups excluding carboxylic acids is 2. The van der Waals surface area contributed by atoms with Crippen LogP contribution in [0.5, 0.6) is 5.75 Å². The first-order valence-corrected chi connectivity index (χ1v) is 16.9. The quantitative estimate of drug-likeness (QED) is 0.243. The number of rotatable bonds is 7. The number of carbonyl (C=O) groups is 2. The van der Waals surface area contributed by atoms with Gasteiger partial charge in [0.2, 0.25) is 0 Å². The number of amides is 1. The molecule has 0 spiro atoms. The smallest absolute Gasteiger partial charge is 0.410 e. The molecule has 0 bridgehead atoms. The first-order valence-electron chi connectivity index (χ1n) is 16.9. The summed E-state index contributed by atoms with van der Waals surface area (Å²) in [5, 5.41) is 0. The highest BCUT2D eigenvalue weighted by molar-refractivity contribution is 5.74. The molecule has 1 fully saturated rings. The van der Waals surface area contributed by atoms with Crippen molar-refractivity contribution in [3.63, 3.8) is 0 Å². The zero-order chi connectivity index (χ0) is 34.8. The van der Waals surface area contributed by atoms with Crippen molar-refractivity contribution in [3.05, 3.63) is 76.3 Å². The molecule has 0 aliphatic carbocycles. The van der Waals surface area contributed by atoms with Gasteiger partial charge in [-0.15, -0.1) is 0 Å². The minimum atomic E-state index is -0.542. The number of benzene rings is 2. The lowest BCUT2D eigenvalue weighted by Gasteiger charge is -2.38. The molecule has 258 valence electrons. The van der Waals surface area contributed by atoms with Crippen molar-refractivity contribution >= 4 is 17.9 Å². The molecule has 9 heteroatoms. The number of aryl methyl sites for hydroxylation is 2. The van der Waals surface area contributed by atoms with Gasteiger partial charge >= 0.3 is 12.1 Å². The molecule has 0 radical (unpaired) electrons. The number of nitrogens with zero attached hydrogens (tertiary/aromatic N) is 3. The van der Waals surface area contributed by atoms with Crippen molar-refractivity contribution in [3.8, 4) is 17.0 Å². The van der Waals surface area contributed by atoms with Crippen LogP contribution in [0, 0.1) is 19.8 Å². The molecular weight excluding hydrogens is 606 g/mol. The molecule has 0 unspecified atom stereocenters. The summed E-state index contributed by atoms with van der Waals surface area (Å²) in [7, 11) is 1.65.